The van der Waals surface area contributed by atoms with Gasteiger partial charge in [-0.1, -0.05) is 5.59 Å². The molecule has 5 heteroatoms. The number of nitroso groups, excluding NO2 is 1. The highest BCUT2D eigenvalue weighted by Gasteiger charge is 2.04. The van der Waals surface area contributed by atoms with Gasteiger partial charge < -0.3 is 0 Å². The van der Waals surface area contributed by atoms with E-state index in [1.165, 1.54) is 7.11 Å². The van der Waals surface area contributed by atoms with Crippen LogP contribution in [0.25, 0.3) is 0 Å². The van der Waals surface area contributed by atoms with Crippen LogP contribution in [-0.2, 0) is 4.84 Å². The second-order valence-electron chi connectivity index (χ2n) is 1.82. The molecule has 0 aliphatic carbocycles. The lowest BCUT2D eigenvalue weighted by molar-refractivity contribution is -0.0729. The predicted octanol–water partition coefficient (Wildman–Crippen LogP) is 0.444. The Morgan fingerprint density at radius 2 is 2.22 bits per heavy atom. The lowest BCUT2D eigenvalue weighted by atomic mass is 10.4. The van der Waals surface area contributed by atoms with Gasteiger partial charge in [0.25, 0.3) is 0 Å². The van der Waals surface area contributed by atoms with Crippen molar-refractivity contribution in [1.29, 1.82) is 0 Å². The first-order valence-corrected chi connectivity index (χ1v) is 2.63. The number of nitrogens with zero attached hydrogens (tertiary/aromatic N) is 2. The second kappa shape index (κ2) is 4.22. The van der Waals surface area contributed by atoms with Crippen molar-refractivity contribution in [3.05, 3.63) is 4.91 Å². The minimum Gasteiger partial charge on any atom is -0.284 e. The van der Waals surface area contributed by atoms with Gasteiger partial charge in [-0.15, -0.1) is 4.91 Å². The van der Waals surface area contributed by atoms with Gasteiger partial charge >= 0.3 is 0 Å². The van der Waals surface area contributed by atoms with Crippen LogP contribution in [0.3, 0.4) is 0 Å². The van der Waals surface area contributed by atoms with E-state index >= 15 is 0 Å². The molecule has 1 N–H and O–H groups in total. The van der Waals surface area contributed by atoms with Gasteiger partial charge in [-0.3, -0.25) is 4.84 Å². The Hall–Kier alpha value is -0.680. The van der Waals surface area contributed by atoms with E-state index in [9.17, 15) is 4.91 Å². The van der Waals surface area contributed by atoms with Crippen molar-refractivity contribution in [2.24, 2.45) is 5.29 Å². The second-order valence-corrected chi connectivity index (χ2v) is 1.82. The molecule has 0 aromatic carbocycles. The Morgan fingerprint density at radius 1 is 1.67 bits per heavy atom. The Labute approximate surface area is 53.8 Å². The number of rotatable bonds is 4. The van der Waals surface area contributed by atoms with E-state index in [1.807, 2.05) is 13.8 Å². The largest absolute Gasteiger partial charge is 0.284 e. The highest BCUT2D eigenvalue weighted by Crippen LogP contribution is 1.91. The lowest BCUT2D eigenvalue weighted by Crippen LogP contribution is -2.37. The van der Waals surface area contributed by atoms with Crippen LogP contribution in [0, 0.1) is 4.91 Å². The summed E-state index contributed by atoms with van der Waals surface area (Å²) in [6.07, 6.45) is 0. The van der Waals surface area contributed by atoms with E-state index in [0.717, 1.165) is 5.12 Å². The minimum atomic E-state index is 0.00227. The Balaban J connectivity index is 3.54. The summed E-state index contributed by atoms with van der Waals surface area (Å²) in [5.41, 5.74) is 2.29. The van der Waals surface area contributed by atoms with Crippen LogP contribution in [0.5, 0.6) is 0 Å². The van der Waals surface area contributed by atoms with Crippen molar-refractivity contribution in [3.8, 4) is 0 Å². The zero-order chi connectivity index (χ0) is 7.28. The average molecular weight is 133 g/mol. The van der Waals surface area contributed by atoms with E-state index in [1.54, 1.807) is 0 Å². The molecule has 0 rings (SSSR count). The van der Waals surface area contributed by atoms with Crippen LogP contribution in [0.15, 0.2) is 5.29 Å². The molecule has 0 aliphatic heterocycles. The van der Waals surface area contributed by atoms with Gasteiger partial charge in [0.1, 0.15) is 0 Å². The molecule has 0 amide bonds. The van der Waals surface area contributed by atoms with Crippen LogP contribution in [-0.4, -0.2) is 18.3 Å². The summed E-state index contributed by atoms with van der Waals surface area (Å²) in [6, 6.07) is 0.00227. The summed E-state index contributed by atoms with van der Waals surface area (Å²) in [4.78, 5) is 14.3. The van der Waals surface area contributed by atoms with Crippen LogP contribution in [0.1, 0.15) is 13.8 Å². The fourth-order valence-electron chi connectivity index (χ4n) is 0.310. The molecule has 0 bridgehead atoms. The SMILES string of the molecule is CONN(N=O)C(C)C. The van der Waals surface area contributed by atoms with Crippen molar-refractivity contribution >= 4 is 0 Å². The normalized spacial score (nSPS) is 9.78. The summed E-state index contributed by atoms with van der Waals surface area (Å²) in [7, 11) is 1.42. The fourth-order valence-corrected chi connectivity index (χ4v) is 0.310. The molecule has 0 aromatic heterocycles. The van der Waals surface area contributed by atoms with Gasteiger partial charge in [-0.05, 0) is 13.8 Å². The van der Waals surface area contributed by atoms with E-state index < -0.39 is 0 Å². The van der Waals surface area contributed by atoms with Crippen LogP contribution in [0.2, 0.25) is 0 Å². The van der Waals surface area contributed by atoms with E-state index in [-0.39, 0.29) is 6.04 Å². The summed E-state index contributed by atoms with van der Waals surface area (Å²) in [6.45, 7) is 3.63. The molecule has 0 fully saturated rings. The third-order valence-corrected chi connectivity index (χ3v) is 0.762. The molecule has 0 saturated heterocycles. The first-order valence-electron chi connectivity index (χ1n) is 2.63. The topological polar surface area (TPSA) is 53.9 Å². The molecule has 0 atom stereocenters. The number of nitrogens with one attached hydrogen (secondary N) is 1. The van der Waals surface area contributed by atoms with E-state index in [4.69, 9.17) is 0 Å². The summed E-state index contributed by atoms with van der Waals surface area (Å²) in [5, 5.41) is 3.69. The van der Waals surface area contributed by atoms with Crippen molar-refractivity contribution in [3.63, 3.8) is 0 Å². The van der Waals surface area contributed by atoms with Gasteiger partial charge in [-0.25, -0.2) is 0 Å². The highest BCUT2D eigenvalue weighted by atomic mass is 16.7. The first kappa shape index (κ1) is 8.32. The maximum atomic E-state index is 9.87. The molecular formula is C4H11N3O2. The zero-order valence-electron chi connectivity index (χ0n) is 5.79. The number of hydrogen-bond acceptors (Lipinski definition) is 4. The maximum Gasteiger partial charge on any atom is 0.0706 e. The lowest BCUT2D eigenvalue weighted by Gasteiger charge is -2.17. The third kappa shape index (κ3) is 2.99. The summed E-state index contributed by atoms with van der Waals surface area (Å²) < 4.78 is 0. The first-order chi connectivity index (χ1) is 4.22. The quantitative estimate of drug-likeness (QED) is 0.446. The van der Waals surface area contributed by atoms with Crippen LogP contribution >= 0.6 is 0 Å². The minimum absolute atomic E-state index is 0.00227. The molecule has 0 saturated carbocycles. The van der Waals surface area contributed by atoms with Crippen molar-refractivity contribution in [2.75, 3.05) is 7.11 Å². The average Bonchev–Trinajstić information content (AvgIpc) is 1.82. The van der Waals surface area contributed by atoms with Crippen molar-refractivity contribution < 1.29 is 4.84 Å². The van der Waals surface area contributed by atoms with Crippen molar-refractivity contribution in [2.45, 2.75) is 19.9 Å². The molecule has 0 heterocycles. The summed E-state index contributed by atoms with van der Waals surface area (Å²) in [5.74, 6) is 0. The van der Waals surface area contributed by atoms with E-state index in [2.05, 4.69) is 15.7 Å². The molecule has 0 unspecified atom stereocenters. The molecule has 0 spiro atoms. The smallest absolute Gasteiger partial charge is 0.0706 e. The van der Waals surface area contributed by atoms with Gasteiger partial charge in [0.15, 0.2) is 0 Å². The summed E-state index contributed by atoms with van der Waals surface area (Å²) >= 11 is 0. The molecule has 54 valence electrons. The number of hydrazine groups is 1. The molecular weight excluding hydrogens is 122 g/mol. The Morgan fingerprint density at radius 3 is 2.33 bits per heavy atom. The van der Waals surface area contributed by atoms with Gasteiger partial charge in [0, 0.05) is 0 Å². The standard InChI is InChI=1S/C4H11N3O2/c1-4(2)7(5-8)6-9-3/h4,6H,1-3H3. The van der Waals surface area contributed by atoms with Crippen LogP contribution < -0.4 is 5.59 Å². The van der Waals surface area contributed by atoms with E-state index in [0.29, 0.717) is 0 Å². The maximum absolute atomic E-state index is 9.87. The van der Waals surface area contributed by atoms with Gasteiger partial charge in [-0.2, -0.15) is 5.12 Å². The van der Waals surface area contributed by atoms with Gasteiger partial charge in [0.2, 0.25) is 0 Å². The fraction of sp³-hybridized carbons (Fsp3) is 1.00. The zero-order valence-corrected chi connectivity index (χ0v) is 5.79. The van der Waals surface area contributed by atoms with Crippen molar-refractivity contribution in [1.82, 2.24) is 10.7 Å². The number of hydrogen-bond donors (Lipinski definition) is 1. The highest BCUT2D eigenvalue weighted by molar-refractivity contribution is 4.45. The third-order valence-electron chi connectivity index (χ3n) is 0.762. The Kier molecular flexibility index (Phi) is 3.90. The molecule has 5 nitrogen and oxygen atoms in total. The molecule has 0 aliphatic rings. The van der Waals surface area contributed by atoms with Gasteiger partial charge in [0.05, 0.1) is 18.4 Å². The molecule has 0 radical (unpaired) electrons. The predicted molar refractivity (Wildman–Crippen MR) is 32.9 cm³/mol. The molecule has 9 heavy (non-hydrogen) atoms. The van der Waals surface area contributed by atoms with Crippen LogP contribution in [0.4, 0.5) is 0 Å². The monoisotopic (exact) mass is 133 g/mol. The Bertz CT molecular complexity index is 85.9. The molecule has 0 aromatic rings.